The van der Waals surface area contributed by atoms with Crippen molar-refractivity contribution in [3.63, 3.8) is 0 Å². The van der Waals surface area contributed by atoms with Crippen LogP contribution in [0.25, 0.3) is 6.08 Å². The zero-order valence-electron chi connectivity index (χ0n) is 9.51. The van der Waals surface area contributed by atoms with Gasteiger partial charge >= 0.3 is 0 Å². The van der Waals surface area contributed by atoms with E-state index >= 15 is 0 Å². The van der Waals surface area contributed by atoms with Crippen molar-refractivity contribution in [3.05, 3.63) is 77.9 Å². The van der Waals surface area contributed by atoms with Crippen LogP contribution in [0.4, 0.5) is 0 Å². The Kier molecular flexibility index (Phi) is 3.55. The lowest BCUT2D eigenvalue weighted by atomic mass is 10.00. The highest BCUT2D eigenvalue weighted by molar-refractivity contribution is 5.50. The van der Waals surface area contributed by atoms with E-state index in [0.29, 0.717) is 5.92 Å². The Bertz CT molecular complexity index is 440. The van der Waals surface area contributed by atoms with Gasteiger partial charge in [0, 0.05) is 0 Å². The van der Waals surface area contributed by atoms with Crippen molar-refractivity contribution >= 4 is 6.08 Å². The molecule has 1 atom stereocenters. The summed E-state index contributed by atoms with van der Waals surface area (Å²) in [5.74, 6) is 0.460. The highest BCUT2D eigenvalue weighted by Gasteiger charge is 1.98. The van der Waals surface area contributed by atoms with Crippen LogP contribution < -0.4 is 0 Å². The van der Waals surface area contributed by atoms with Gasteiger partial charge in [-0.1, -0.05) is 79.7 Å². The molecule has 0 amide bonds. The molecule has 0 radical (unpaired) electrons. The van der Waals surface area contributed by atoms with E-state index in [4.69, 9.17) is 0 Å². The van der Waals surface area contributed by atoms with Gasteiger partial charge in [-0.3, -0.25) is 0 Å². The number of hydrogen-bond donors (Lipinski definition) is 0. The summed E-state index contributed by atoms with van der Waals surface area (Å²) in [6, 6.07) is 21.0. The maximum absolute atomic E-state index is 2.24. The highest BCUT2D eigenvalue weighted by Crippen LogP contribution is 2.17. The molecule has 0 bridgehead atoms. The Morgan fingerprint density at radius 3 is 2.00 bits per heavy atom. The molecule has 0 saturated carbocycles. The summed E-state index contributed by atoms with van der Waals surface area (Å²) < 4.78 is 0. The molecule has 2 aromatic rings. The fraction of sp³-hybridized carbons (Fsp3) is 0.125. The van der Waals surface area contributed by atoms with Gasteiger partial charge in [-0.25, -0.2) is 0 Å². The average Bonchev–Trinajstić information content (AvgIpc) is 2.38. The van der Waals surface area contributed by atoms with E-state index in [1.807, 2.05) is 6.07 Å². The van der Waals surface area contributed by atoms with Gasteiger partial charge in [0.25, 0.3) is 0 Å². The predicted octanol–water partition coefficient (Wildman–Crippen LogP) is 4.50. The first-order valence-corrected chi connectivity index (χ1v) is 5.64. The molecule has 0 spiro atoms. The van der Waals surface area contributed by atoms with Crippen LogP contribution in [0, 0.1) is 0 Å². The highest BCUT2D eigenvalue weighted by atomic mass is 14.0. The van der Waals surface area contributed by atoms with Gasteiger partial charge < -0.3 is 0 Å². The second-order valence-electron chi connectivity index (χ2n) is 3.97. The van der Waals surface area contributed by atoms with Crippen LogP contribution in [0.1, 0.15) is 24.0 Å². The van der Waals surface area contributed by atoms with Crippen molar-refractivity contribution in [1.29, 1.82) is 0 Å². The first-order valence-electron chi connectivity index (χ1n) is 5.64. The molecule has 0 aliphatic carbocycles. The molecule has 0 heteroatoms. The topological polar surface area (TPSA) is 0 Å². The molecule has 0 fully saturated rings. The number of hydrogen-bond acceptors (Lipinski definition) is 0. The molecule has 0 N–H and O–H groups in total. The predicted molar refractivity (Wildman–Crippen MR) is 70.3 cm³/mol. The summed E-state index contributed by atoms with van der Waals surface area (Å²) in [6.07, 6.45) is 4.42. The van der Waals surface area contributed by atoms with Crippen LogP contribution >= 0.6 is 0 Å². The van der Waals surface area contributed by atoms with E-state index in [2.05, 4.69) is 73.7 Å². The lowest BCUT2D eigenvalue weighted by Crippen LogP contribution is -1.87. The second kappa shape index (κ2) is 5.32. The smallest absolute Gasteiger partial charge is 0.000711 e. The third-order valence-corrected chi connectivity index (χ3v) is 2.70. The van der Waals surface area contributed by atoms with Crippen molar-refractivity contribution in [2.24, 2.45) is 0 Å². The van der Waals surface area contributed by atoms with Crippen molar-refractivity contribution in [2.75, 3.05) is 0 Å². The normalized spacial score (nSPS) is 12.8. The van der Waals surface area contributed by atoms with Crippen molar-refractivity contribution in [3.8, 4) is 0 Å². The first-order chi connectivity index (χ1) is 7.86. The largest absolute Gasteiger partial charge is 0.0767 e. The van der Waals surface area contributed by atoms with Crippen LogP contribution in [0.5, 0.6) is 0 Å². The van der Waals surface area contributed by atoms with Crippen LogP contribution in [0.2, 0.25) is 0 Å². The monoisotopic (exact) mass is 208 g/mol. The lowest BCUT2D eigenvalue weighted by molar-refractivity contribution is 0.973. The quantitative estimate of drug-likeness (QED) is 0.696. The molecule has 2 rings (SSSR count). The fourth-order valence-electron chi connectivity index (χ4n) is 1.69. The molecular weight excluding hydrogens is 192 g/mol. The van der Waals surface area contributed by atoms with E-state index in [1.54, 1.807) is 0 Å². The van der Waals surface area contributed by atoms with Crippen molar-refractivity contribution in [1.82, 2.24) is 0 Å². The molecule has 80 valence electrons. The standard InChI is InChI=1S/C16H16/c1-14(16-10-6-3-7-11-16)12-13-15-8-4-2-5-9-15/h2-14H,1H3/b13-12-/t14-/m1/s1. The van der Waals surface area contributed by atoms with Gasteiger partial charge in [0.05, 0.1) is 0 Å². The summed E-state index contributed by atoms with van der Waals surface area (Å²) in [5.41, 5.74) is 2.61. The average molecular weight is 208 g/mol. The lowest BCUT2D eigenvalue weighted by Gasteiger charge is -2.05. The summed E-state index contributed by atoms with van der Waals surface area (Å²) in [4.78, 5) is 0. The maximum Gasteiger partial charge on any atom is -0.000711 e. The van der Waals surface area contributed by atoms with E-state index in [0.717, 1.165) is 0 Å². The second-order valence-corrected chi connectivity index (χ2v) is 3.97. The van der Waals surface area contributed by atoms with Crippen LogP contribution in [0.3, 0.4) is 0 Å². The minimum atomic E-state index is 0.460. The molecule has 0 saturated heterocycles. The van der Waals surface area contributed by atoms with Gasteiger partial charge in [0.15, 0.2) is 0 Å². The molecule has 2 aromatic carbocycles. The van der Waals surface area contributed by atoms with Gasteiger partial charge in [-0.15, -0.1) is 0 Å². The Morgan fingerprint density at radius 2 is 1.38 bits per heavy atom. The summed E-state index contributed by atoms with van der Waals surface area (Å²) in [6.45, 7) is 2.22. The summed E-state index contributed by atoms with van der Waals surface area (Å²) in [7, 11) is 0. The molecule has 16 heavy (non-hydrogen) atoms. The molecule has 0 aromatic heterocycles. The molecular formula is C16H16. The van der Waals surface area contributed by atoms with Crippen LogP contribution in [0.15, 0.2) is 66.7 Å². The third-order valence-electron chi connectivity index (χ3n) is 2.70. The molecule has 0 heterocycles. The first kappa shape index (κ1) is 10.7. The zero-order chi connectivity index (χ0) is 11.2. The number of benzene rings is 2. The van der Waals surface area contributed by atoms with Gasteiger partial charge in [-0.2, -0.15) is 0 Å². The molecule has 0 aliphatic heterocycles. The summed E-state index contributed by atoms with van der Waals surface area (Å²) >= 11 is 0. The number of allylic oxidation sites excluding steroid dienone is 1. The molecule has 0 nitrogen and oxygen atoms in total. The molecule has 0 aliphatic rings. The summed E-state index contributed by atoms with van der Waals surface area (Å²) in [5, 5.41) is 0. The van der Waals surface area contributed by atoms with Gasteiger partial charge in [0.2, 0.25) is 0 Å². The Morgan fingerprint density at radius 1 is 0.812 bits per heavy atom. The Hall–Kier alpha value is -1.82. The third kappa shape index (κ3) is 2.83. The van der Waals surface area contributed by atoms with Crippen LogP contribution in [-0.2, 0) is 0 Å². The number of rotatable bonds is 3. The van der Waals surface area contributed by atoms with Crippen molar-refractivity contribution in [2.45, 2.75) is 12.8 Å². The van der Waals surface area contributed by atoms with E-state index in [-0.39, 0.29) is 0 Å². The van der Waals surface area contributed by atoms with Gasteiger partial charge in [-0.05, 0) is 17.0 Å². The zero-order valence-corrected chi connectivity index (χ0v) is 9.51. The Balaban J connectivity index is 2.08. The maximum atomic E-state index is 2.24. The minimum Gasteiger partial charge on any atom is -0.0767 e. The minimum absolute atomic E-state index is 0.460. The van der Waals surface area contributed by atoms with E-state index < -0.39 is 0 Å². The fourth-order valence-corrected chi connectivity index (χ4v) is 1.69. The van der Waals surface area contributed by atoms with Gasteiger partial charge in [0.1, 0.15) is 0 Å². The SMILES string of the molecule is C[C@H](/C=C\c1ccccc1)c1ccccc1. The van der Waals surface area contributed by atoms with Crippen LogP contribution in [-0.4, -0.2) is 0 Å². The van der Waals surface area contributed by atoms with Crippen molar-refractivity contribution < 1.29 is 0 Å². The van der Waals surface area contributed by atoms with E-state index in [9.17, 15) is 0 Å². The van der Waals surface area contributed by atoms with E-state index in [1.165, 1.54) is 11.1 Å². The Labute approximate surface area is 97.3 Å². The molecule has 0 unspecified atom stereocenters.